The van der Waals surface area contributed by atoms with Gasteiger partial charge in [-0.25, -0.2) is 4.39 Å². The first-order valence-electron chi connectivity index (χ1n) is 7.71. The summed E-state index contributed by atoms with van der Waals surface area (Å²) < 4.78 is 15.2. The number of carbonyl (C=O) groups is 1. The number of halogens is 2. The van der Waals surface area contributed by atoms with Gasteiger partial charge >= 0.3 is 0 Å². The molecule has 0 bridgehead atoms. The van der Waals surface area contributed by atoms with Gasteiger partial charge < -0.3 is 10.3 Å². The molecule has 0 fully saturated rings. The van der Waals surface area contributed by atoms with Gasteiger partial charge in [-0.3, -0.25) is 4.79 Å². The van der Waals surface area contributed by atoms with Gasteiger partial charge in [0.1, 0.15) is 5.82 Å². The summed E-state index contributed by atoms with van der Waals surface area (Å²) >= 11 is 6.16. The highest BCUT2D eigenvalue weighted by molar-refractivity contribution is 6.31. The van der Waals surface area contributed by atoms with E-state index >= 15 is 0 Å². The number of nitrogens with two attached hydrogens (primary N) is 1. The summed E-state index contributed by atoms with van der Waals surface area (Å²) in [5.74, 6) is -0.770. The molecule has 0 saturated carbocycles. The van der Waals surface area contributed by atoms with Crippen LogP contribution in [0.3, 0.4) is 0 Å². The summed E-state index contributed by atoms with van der Waals surface area (Å²) in [5, 5.41) is 2.09. The Balaban J connectivity index is 2.03. The molecule has 0 spiro atoms. The zero-order chi connectivity index (χ0) is 17.6. The van der Waals surface area contributed by atoms with Crippen LogP contribution < -0.4 is 5.73 Å². The standard InChI is InChI=1S/C20H13ClFN2O/c21-13-6-9-15-18(10-13)24(11-12-4-7-14(22)8-5-12)17-3-1-2-16(19(15)17)20(23)25/h1-8,10H,11H2,(H2,23,25). The van der Waals surface area contributed by atoms with Crippen molar-refractivity contribution in [3.63, 3.8) is 0 Å². The van der Waals surface area contributed by atoms with E-state index in [2.05, 4.69) is 6.07 Å². The van der Waals surface area contributed by atoms with Gasteiger partial charge in [-0.2, -0.15) is 0 Å². The molecule has 2 N–H and O–H groups in total. The van der Waals surface area contributed by atoms with Crippen molar-refractivity contribution in [1.29, 1.82) is 0 Å². The van der Waals surface area contributed by atoms with Gasteiger partial charge in [0.15, 0.2) is 0 Å². The molecule has 0 unspecified atom stereocenters. The molecule has 0 aliphatic carbocycles. The lowest BCUT2D eigenvalue weighted by Gasteiger charge is -2.08. The van der Waals surface area contributed by atoms with Crippen molar-refractivity contribution in [2.45, 2.75) is 6.54 Å². The predicted octanol–water partition coefficient (Wildman–Crippen LogP) is 4.53. The average Bonchev–Trinajstić information content (AvgIpc) is 2.90. The quantitative estimate of drug-likeness (QED) is 0.579. The minimum atomic E-state index is -0.491. The molecule has 1 radical (unpaired) electrons. The van der Waals surface area contributed by atoms with E-state index in [4.69, 9.17) is 17.3 Å². The van der Waals surface area contributed by atoms with Crippen LogP contribution in [0.25, 0.3) is 21.8 Å². The zero-order valence-corrected chi connectivity index (χ0v) is 13.8. The lowest BCUT2D eigenvalue weighted by atomic mass is 10.1. The molecule has 123 valence electrons. The minimum absolute atomic E-state index is 0.279. The summed E-state index contributed by atoms with van der Waals surface area (Å²) in [6, 6.07) is 18.4. The van der Waals surface area contributed by atoms with E-state index < -0.39 is 5.91 Å². The number of benzene rings is 3. The maximum absolute atomic E-state index is 13.2. The van der Waals surface area contributed by atoms with E-state index in [0.717, 1.165) is 27.4 Å². The third-order valence-electron chi connectivity index (χ3n) is 4.28. The Kier molecular flexibility index (Phi) is 3.70. The predicted molar refractivity (Wildman–Crippen MR) is 97.3 cm³/mol. The summed E-state index contributed by atoms with van der Waals surface area (Å²) in [6.07, 6.45) is 0. The van der Waals surface area contributed by atoms with Crippen LogP contribution in [-0.2, 0) is 6.54 Å². The van der Waals surface area contributed by atoms with Crippen molar-refractivity contribution in [2.75, 3.05) is 0 Å². The maximum atomic E-state index is 13.2. The van der Waals surface area contributed by atoms with Crippen molar-refractivity contribution >= 4 is 39.3 Å². The van der Waals surface area contributed by atoms with Gasteiger partial charge in [0.2, 0.25) is 5.91 Å². The summed E-state index contributed by atoms with van der Waals surface area (Å²) in [6.45, 7) is 0.511. The van der Waals surface area contributed by atoms with Crippen molar-refractivity contribution in [1.82, 2.24) is 4.57 Å². The van der Waals surface area contributed by atoms with Crippen molar-refractivity contribution in [3.8, 4) is 0 Å². The maximum Gasteiger partial charge on any atom is 0.249 e. The second kappa shape index (κ2) is 5.90. The van der Waals surface area contributed by atoms with Crippen LogP contribution in [0.1, 0.15) is 15.9 Å². The van der Waals surface area contributed by atoms with E-state index in [0.29, 0.717) is 17.1 Å². The van der Waals surface area contributed by atoms with Crippen LogP contribution in [0.5, 0.6) is 0 Å². The molecule has 0 aliphatic heterocycles. The Morgan fingerprint density at radius 2 is 1.92 bits per heavy atom. The van der Waals surface area contributed by atoms with Crippen molar-refractivity contribution in [3.05, 3.63) is 82.6 Å². The lowest BCUT2D eigenvalue weighted by Crippen LogP contribution is -2.11. The molecular weight excluding hydrogens is 339 g/mol. The molecule has 4 rings (SSSR count). The van der Waals surface area contributed by atoms with Crippen LogP contribution in [0.2, 0.25) is 5.02 Å². The van der Waals surface area contributed by atoms with Crippen LogP contribution >= 0.6 is 11.6 Å². The smallest absolute Gasteiger partial charge is 0.249 e. The number of primary amides is 1. The zero-order valence-electron chi connectivity index (χ0n) is 13.1. The van der Waals surface area contributed by atoms with Crippen molar-refractivity contribution in [2.24, 2.45) is 5.73 Å². The minimum Gasteiger partial charge on any atom is -0.366 e. The molecule has 0 aliphatic rings. The van der Waals surface area contributed by atoms with E-state index in [1.165, 1.54) is 12.1 Å². The highest BCUT2D eigenvalue weighted by Crippen LogP contribution is 2.33. The molecule has 25 heavy (non-hydrogen) atoms. The first kappa shape index (κ1) is 15.7. The molecule has 4 aromatic rings. The fraction of sp³-hybridized carbons (Fsp3) is 0.0500. The molecular formula is C20H13ClFN2O. The third-order valence-corrected chi connectivity index (χ3v) is 4.50. The van der Waals surface area contributed by atoms with Crippen LogP contribution in [0.15, 0.2) is 54.6 Å². The van der Waals surface area contributed by atoms with Gasteiger partial charge in [0.25, 0.3) is 0 Å². The number of aromatic nitrogens is 1. The Hall–Kier alpha value is -2.85. The second-order valence-electron chi connectivity index (χ2n) is 5.85. The number of hydrogen-bond acceptors (Lipinski definition) is 1. The highest BCUT2D eigenvalue weighted by atomic mass is 35.5. The SMILES string of the molecule is NC(=O)c1cccc2c1c1[c]cc(Cl)cc1n2Cc1ccc(F)cc1. The Bertz CT molecular complexity index is 1120. The van der Waals surface area contributed by atoms with E-state index in [-0.39, 0.29) is 5.82 Å². The molecule has 0 atom stereocenters. The van der Waals surface area contributed by atoms with Gasteiger partial charge in [-0.05, 0) is 48.0 Å². The molecule has 3 nitrogen and oxygen atoms in total. The highest BCUT2D eigenvalue weighted by Gasteiger charge is 2.17. The fourth-order valence-electron chi connectivity index (χ4n) is 3.18. The van der Waals surface area contributed by atoms with Crippen molar-refractivity contribution < 1.29 is 9.18 Å². The first-order chi connectivity index (χ1) is 12.0. The molecule has 3 aromatic carbocycles. The lowest BCUT2D eigenvalue weighted by molar-refractivity contribution is 0.100. The molecule has 1 amide bonds. The Morgan fingerprint density at radius 3 is 2.64 bits per heavy atom. The topological polar surface area (TPSA) is 48.0 Å². The van der Waals surface area contributed by atoms with Gasteiger partial charge in [-0.1, -0.05) is 29.8 Å². The number of hydrogen-bond donors (Lipinski definition) is 1. The number of carbonyl (C=O) groups excluding carboxylic acids is 1. The third kappa shape index (κ3) is 2.65. The summed E-state index contributed by atoms with van der Waals surface area (Å²) in [5.41, 5.74) is 8.63. The van der Waals surface area contributed by atoms with E-state index in [1.54, 1.807) is 30.3 Å². The second-order valence-corrected chi connectivity index (χ2v) is 6.29. The van der Waals surface area contributed by atoms with Crippen LogP contribution in [0.4, 0.5) is 4.39 Å². The first-order valence-corrected chi connectivity index (χ1v) is 8.09. The molecule has 1 aromatic heterocycles. The van der Waals surface area contributed by atoms with Crippen LogP contribution in [-0.4, -0.2) is 10.5 Å². The van der Waals surface area contributed by atoms with E-state index in [9.17, 15) is 9.18 Å². The fourth-order valence-corrected chi connectivity index (χ4v) is 3.34. The number of fused-ring (bicyclic) bond motifs is 3. The average molecular weight is 352 g/mol. The molecule has 5 heteroatoms. The number of rotatable bonds is 3. The monoisotopic (exact) mass is 351 g/mol. The Labute approximate surface area is 148 Å². The Morgan fingerprint density at radius 1 is 1.16 bits per heavy atom. The summed E-state index contributed by atoms with van der Waals surface area (Å²) in [7, 11) is 0. The normalized spacial score (nSPS) is 11.3. The van der Waals surface area contributed by atoms with Gasteiger partial charge in [0.05, 0.1) is 11.0 Å². The number of nitrogens with zero attached hydrogens (tertiary/aromatic N) is 1. The van der Waals surface area contributed by atoms with Gasteiger partial charge in [0, 0.05) is 27.9 Å². The van der Waals surface area contributed by atoms with E-state index in [1.807, 2.05) is 16.7 Å². The molecule has 1 heterocycles. The molecule has 0 saturated heterocycles. The largest absolute Gasteiger partial charge is 0.366 e. The summed E-state index contributed by atoms with van der Waals surface area (Å²) in [4.78, 5) is 11.9. The van der Waals surface area contributed by atoms with Crippen LogP contribution in [0, 0.1) is 11.9 Å². The van der Waals surface area contributed by atoms with Gasteiger partial charge in [-0.15, -0.1) is 0 Å². The number of amides is 1.